The molecule has 0 amide bonds. The third kappa shape index (κ3) is 0.751. The summed E-state index contributed by atoms with van der Waals surface area (Å²) in [7, 11) is 0. The Morgan fingerprint density at radius 3 is 1.45 bits per heavy atom. The predicted molar refractivity (Wildman–Crippen MR) is 30.8 cm³/mol. The SMILES string of the molecule is CC1(C)CC1(C(=O)[O-])C(=O)[O-]. The number of carbonyl (C=O) groups is 2. The van der Waals surface area contributed by atoms with E-state index in [0.29, 0.717) is 0 Å². The van der Waals surface area contributed by atoms with Crippen molar-refractivity contribution in [2.24, 2.45) is 10.8 Å². The van der Waals surface area contributed by atoms with Gasteiger partial charge in [-0.3, -0.25) is 0 Å². The number of hydrogen-bond donors (Lipinski definition) is 0. The molecule has 0 unspecified atom stereocenters. The molecular formula is C7H8O4-2. The molecule has 0 atom stereocenters. The maximum absolute atomic E-state index is 10.4. The van der Waals surface area contributed by atoms with Crippen molar-refractivity contribution in [2.75, 3.05) is 0 Å². The molecular weight excluding hydrogens is 148 g/mol. The number of aliphatic carboxylic acids is 2. The van der Waals surface area contributed by atoms with Gasteiger partial charge in [-0.2, -0.15) is 0 Å². The standard InChI is InChI=1S/C7H10O4/c1-6(2)3-7(6,4(8)9)5(10)11/h3H2,1-2H3,(H,8,9)(H,10,11)/p-2. The van der Waals surface area contributed by atoms with E-state index in [0.717, 1.165) is 0 Å². The van der Waals surface area contributed by atoms with E-state index in [1.807, 2.05) is 0 Å². The minimum atomic E-state index is -1.74. The zero-order valence-electron chi connectivity index (χ0n) is 6.34. The molecule has 0 saturated heterocycles. The maximum atomic E-state index is 10.4. The van der Waals surface area contributed by atoms with E-state index >= 15 is 0 Å². The minimum absolute atomic E-state index is 0.102. The van der Waals surface area contributed by atoms with Gasteiger partial charge in [0, 0.05) is 0 Å². The summed E-state index contributed by atoms with van der Waals surface area (Å²) in [6.07, 6.45) is 0.102. The normalized spacial score (nSPS) is 24.2. The highest BCUT2D eigenvalue weighted by atomic mass is 16.4. The fourth-order valence-corrected chi connectivity index (χ4v) is 1.40. The van der Waals surface area contributed by atoms with E-state index in [9.17, 15) is 19.8 Å². The lowest BCUT2D eigenvalue weighted by Crippen LogP contribution is -2.47. The number of carboxylic acids is 2. The monoisotopic (exact) mass is 156 g/mol. The summed E-state index contributed by atoms with van der Waals surface area (Å²) in [5, 5.41) is 20.8. The summed E-state index contributed by atoms with van der Waals surface area (Å²) < 4.78 is 0. The molecule has 0 aromatic heterocycles. The highest BCUT2D eigenvalue weighted by molar-refractivity contribution is 6.01. The van der Waals surface area contributed by atoms with Crippen LogP contribution < -0.4 is 10.2 Å². The highest BCUT2D eigenvalue weighted by Crippen LogP contribution is 2.62. The van der Waals surface area contributed by atoms with Crippen LogP contribution in [0.25, 0.3) is 0 Å². The molecule has 4 nitrogen and oxygen atoms in total. The molecule has 62 valence electrons. The largest absolute Gasteiger partial charge is 0.549 e. The van der Waals surface area contributed by atoms with Crippen LogP contribution >= 0.6 is 0 Å². The number of rotatable bonds is 2. The molecule has 0 spiro atoms. The van der Waals surface area contributed by atoms with Gasteiger partial charge in [-0.05, 0) is 11.8 Å². The lowest BCUT2D eigenvalue weighted by atomic mass is 9.96. The van der Waals surface area contributed by atoms with Crippen LogP contribution in [0.1, 0.15) is 20.3 Å². The van der Waals surface area contributed by atoms with Gasteiger partial charge < -0.3 is 19.8 Å². The van der Waals surface area contributed by atoms with Crippen molar-refractivity contribution >= 4 is 11.9 Å². The lowest BCUT2D eigenvalue weighted by Gasteiger charge is -2.22. The molecule has 0 radical (unpaired) electrons. The Bertz CT molecular complexity index is 215. The molecule has 1 aliphatic carbocycles. The van der Waals surface area contributed by atoms with Crippen LogP contribution in [0.5, 0.6) is 0 Å². The van der Waals surface area contributed by atoms with Gasteiger partial charge in [0.1, 0.15) is 0 Å². The Labute approximate surface area is 63.8 Å². The Morgan fingerprint density at radius 2 is 1.45 bits per heavy atom. The summed E-state index contributed by atoms with van der Waals surface area (Å²) in [6.45, 7) is 3.14. The molecule has 0 N–H and O–H groups in total. The molecule has 1 saturated carbocycles. The van der Waals surface area contributed by atoms with Crippen LogP contribution in [0.3, 0.4) is 0 Å². The summed E-state index contributed by atoms with van der Waals surface area (Å²) >= 11 is 0. The van der Waals surface area contributed by atoms with E-state index in [1.165, 1.54) is 0 Å². The third-order valence-corrected chi connectivity index (χ3v) is 2.43. The fourth-order valence-electron chi connectivity index (χ4n) is 1.40. The summed E-state index contributed by atoms with van der Waals surface area (Å²) in [5.74, 6) is -3.08. The quantitative estimate of drug-likeness (QED) is 0.429. The first-order valence-electron chi connectivity index (χ1n) is 3.27. The Morgan fingerprint density at radius 1 is 1.18 bits per heavy atom. The maximum Gasteiger partial charge on any atom is 0.0551 e. The van der Waals surface area contributed by atoms with Gasteiger partial charge in [0.25, 0.3) is 0 Å². The first-order chi connectivity index (χ1) is 4.84. The summed E-state index contributed by atoms with van der Waals surface area (Å²) in [4.78, 5) is 20.8. The average Bonchev–Trinajstić information content (AvgIpc) is 2.35. The van der Waals surface area contributed by atoms with Crippen LogP contribution in [0.15, 0.2) is 0 Å². The predicted octanol–water partition coefficient (Wildman–Crippen LogP) is -2.10. The molecule has 0 aromatic rings. The Kier molecular flexibility index (Phi) is 1.28. The first-order valence-corrected chi connectivity index (χ1v) is 3.27. The van der Waals surface area contributed by atoms with E-state index < -0.39 is 22.8 Å². The van der Waals surface area contributed by atoms with Crippen molar-refractivity contribution in [3.8, 4) is 0 Å². The zero-order valence-corrected chi connectivity index (χ0v) is 6.34. The highest BCUT2D eigenvalue weighted by Gasteiger charge is 2.63. The number of carboxylic acid groups (broad SMARTS) is 2. The third-order valence-electron chi connectivity index (χ3n) is 2.43. The summed E-state index contributed by atoms with van der Waals surface area (Å²) in [6, 6.07) is 0. The van der Waals surface area contributed by atoms with Gasteiger partial charge >= 0.3 is 0 Å². The van der Waals surface area contributed by atoms with Crippen molar-refractivity contribution in [3.63, 3.8) is 0 Å². The number of hydrogen-bond acceptors (Lipinski definition) is 4. The van der Waals surface area contributed by atoms with Crippen LogP contribution in [0.2, 0.25) is 0 Å². The van der Waals surface area contributed by atoms with Gasteiger partial charge in [0.2, 0.25) is 0 Å². The molecule has 1 fully saturated rings. The van der Waals surface area contributed by atoms with E-state index in [1.54, 1.807) is 13.8 Å². The van der Waals surface area contributed by atoms with Gasteiger partial charge in [0.15, 0.2) is 0 Å². The van der Waals surface area contributed by atoms with Crippen molar-refractivity contribution in [2.45, 2.75) is 20.3 Å². The molecule has 1 aliphatic rings. The van der Waals surface area contributed by atoms with Gasteiger partial charge in [-0.15, -0.1) is 0 Å². The van der Waals surface area contributed by atoms with Gasteiger partial charge in [-0.1, -0.05) is 13.8 Å². The van der Waals surface area contributed by atoms with Crippen LogP contribution in [0.4, 0.5) is 0 Å². The van der Waals surface area contributed by atoms with Crippen LogP contribution in [-0.2, 0) is 9.59 Å². The molecule has 0 aromatic carbocycles. The second kappa shape index (κ2) is 1.75. The topological polar surface area (TPSA) is 80.3 Å². The molecule has 0 bridgehead atoms. The van der Waals surface area contributed by atoms with Gasteiger partial charge in [-0.25, -0.2) is 0 Å². The first kappa shape index (κ1) is 8.04. The van der Waals surface area contributed by atoms with E-state index in [4.69, 9.17) is 0 Å². The van der Waals surface area contributed by atoms with Crippen molar-refractivity contribution < 1.29 is 19.8 Å². The second-order valence-corrected chi connectivity index (χ2v) is 3.54. The molecule has 4 heteroatoms. The van der Waals surface area contributed by atoms with Crippen LogP contribution in [0, 0.1) is 10.8 Å². The fraction of sp³-hybridized carbons (Fsp3) is 0.714. The van der Waals surface area contributed by atoms with Crippen molar-refractivity contribution in [1.29, 1.82) is 0 Å². The van der Waals surface area contributed by atoms with Crippen LogP contribution in [-0.4, -0.2) is 11.9 Å². The van der Waals surface area contributed by atoms with Gasteiger partial charge in [0.05, 0.1) is 17.4 Å². The zero-order chi connectivity index (χ0) is 8.86. The Balaban J connectivity index is 2.98. The average molecular weight is 156 g/mol. The molecule has 0 aliphatic heterocycles. The summed E-state index contributed by atoms with van der Waals surface area (Å²) in [5.41, 5.74) is -2.46. The lowest BCUT2D eigenvalue weighted by molar-refractivity contribution is -0.336. The minimum Gasteiger partial charge on any atom is -0.549 e. The smallest absolute Gasteiger partial charge is 0.0551 e. The van der Waals surface area contributed by atoms with E-state index in [2.05, 4.69) is 0 Å². The molecule has 1 rings (SSSR count). The number of carbonyl (C=O) groups excluding carboxylic acids is 2. The second-order valence-electron chi connectivity index (χ2n) is 3.54. The Hall–Kier alpha value is -1.06. The van der Waals surface area contributed by atoms with Crippen molar-refractivity contribution in [1.82, 2.24) is 0 Å². The molecule has 0 heterocycles. The van der Waals surface area contributed by atoms with E-state index in [-0.39, 0.29) is 6.42 Å². The van der Waals surface area contributed by atoms with Crippen molar-refractivity contribution in [3.05, 3.63) is 0 Å². The molecule has 11 heavy (non-hydrogen) atoms.